The Morgan fingerprint density at radius 3 is 2.88 bits per heavy atom. The first-order valence-electron chi connectivity index (χ1n) is 4.83. The minimum atomic E-state index is -0.792. The van der Waals surface area contributed by atoms with Crippen molar-refractivity contribution in [2.24, 2.45) is 0 Å². The number of aryl methyl sites for hydroxylation is 1. The Hall–Kier alpha value is -2.54. The van der Waals surface area contributed by atoms with Crippen LogP contribution >= 0.6 is 0 Å². The molecule has 0 radical (unpaired) electrons. The fraction of sp³-hybridized carbons (Fsp3) is 0.0769. The smallest absolute Gasteiger partial charge is 0.389 e. The average molecular weight is 228 g/mol. The Labute approximate surface area is 96.8 Å². The molecule has 4 nitrogen and oxygen atoms in total. The molecule has 0 bridgehead atoms. The summed E-state index contributed by atoms with van der Waals surface area (Å²) >= 11 is 0. The van der Waals surface area contributed by atoms with Crippen LogP contribution in [-0.2, 0) is 4.79 Å². The third-order valence-electron chi connectivity index (χ3n) is 2.25. The lowest BCUT2D eigenvalue weighted by Gasteiger charge is -2.03. The monoisotopic (exact) mass is 228 g/mol. The van der Waals surface area contributed by atoms with Gasteiger partial charge in [0.1, 0.15) is 11.3 Å². The van der Waals surface area contributed by atoms with Crippen LogP contribution in [0.1, 0.15) is 5.56 Å². The second kappa shape index (κ2) is 4.14. The van der Waals surface area contributed by atoms with Gasteiger partial charge in [-0.25, -0.2) is 9.59 Å². The zero-order chi connectivity index (χ0) is 12.4. The van der Waals surface area contributed by atoms with Gasteiger partial charge in [0.15, 0.2) is 0 Å². The van der Waals surface area contributed by atoms with Gasteiger partial charge >= 0.3 is 11.6 Å². The topological polar surface area (TPSA) is 56.5 Å². The normalized spacial score (nSPS) is 9.88. The zero-order valence-electron chi connectivity index (χ0n) is 9.02. The number of fused-ring (bicyclic) bond motifs is 1. The van der Waals surface area contributed by atoms with E-state index in [0.29, 0.717) is 5.58 Å². The number of carbonyl (C=O) groups excluding carboxylic acids is 1. The molecule has 4 heteroatoms. The van der Waals surface area contributed by atoms with E-state index in [2.05, 4.69) is 0 Å². The first-order chi connectivity index (χ1) is 8.10. The minimum Gasteiger partial charge on any atom is -0.423 e. The summed E-state index contributed by atoms with van der Waals surface area (Å²) in [4.78, 5) is 22.1. The highest BCUT2D eigenvalue weighted by Crippen LogP contribution is 2.22. The van der Waals surface area contributed by atoms with E-state index < -0.39 is 11.6 Å². The lowest BCUT2D eigenvalue weighted by molar-refractivity contribution is -0.128. The van der Waals surface area contributed by atoms with Crippen LogP contribution in [0.2, 0.25) is 0 Å². The Kier molecular flexibility index (Phi) is 2.67. The summed E-state index contributed by atoms with van der Waals surface area (Å²) in [7, 11) is 0. The largest absolute Gasteiger partial charge is 0.423 e. The molecular formula is C13H8O4. The first-order valence-corrected chi connectivity index (χ1v) is 4.83. The van der Waals surface area contributed by atoms with Gasteiger partial charge in [0, 0.05) is 23.4 Å². The van der Waals surface area contributed by atoms with Crippen LogP contribution in [0, 0.1) is 19.3 Å². The summed E-state index contributed by atoms with van der Waals surface area (Å²) in [5.74, 6) is 1.28. The summed E-state index contributed by atoms with van der Waals surface area (Å²) in [6.45, 7) is 1.80. The number of hydrogen-bond acceptors (Lipinski definition) is 4. The quantitative estimate of drug-likeness (QED) is 0.245. The van der Waals surface area contributed by atoms with E-state index in [4.69, 9.17) is 15.6 Å². The summed E-state index contributed by atoms with van der Waals surface area (Å²) in [6.07, 6.45) is 4.88. The maximum atomic E-state index is 11.2. The maximum absolute atomic E-state index is 11.2. The standard InChI is InChI=1S/C13H8O4/c1-3-12(14)16-9-4-5-10-8(2)6-13(15)17-11(10)7-9/h1,4-7H,2H3. The molecule has 0 aliphatic rings. The van der Waals surface area contributed by atoms with Crippen molar-refractivity contribution >= 4 is 16.9 Å². The highest BCUT2D eigenvalue weighted by Gasteiger charge is 2.06. The molecule has 0 saturated carbocycles. The number of carbonyl (C=O) groups is 1. The van der Waals surface area contributed by atoms with Crippen LogP contribution in [0.15, 0.2) is 33.5 Å². The Morgan fingerprint density at radius 2 is 2.18 bits per heavy atom. The Balaban J connectivity index is 2.55. The van der Waals surface area contributed by atoms with Gasteiger partial charge in [0.2, 0.25) is 0 Å². The molecular weight excluding hydrogens is 220 g/mol. The minimum absolute atomic E-state index is 0.245. The van der Waals surface area contributed by atoms with E-state index in [9.17, 15) is 9.59 Å². The predicted molar refractivity (Wildman–Crippen MR) is 61.7 cm³/mol. The molecule has 0 spiro atoms. The van der Waals surface area contributed by atoms with Gasteiger partial charge in [0.25, 0.3) is 0 Å². The number of benzene rings is 1. The molecule has 1 heterocycles. The SMILES string of the molecule is C#CC(=O)Oc1ccc2c(C)cc(=O)oc2c1. The number of rotatable bonds is 1. The van der Waals surface area contributed by atoms with Gasteiger partial charge in [-0.2, -0.15) is 0 Å². The molecule has 0 saturated heterocycles. The second-order valence-electron chi connectivity index (χ2n) is 3.44. The molecule has 0 unspecified atom stereocenters. The van der Waals surface area contributed by atoms with E-state index in [-0.39, 0.29) is 5.75 Å². The molecule has 0 aliphatic carbocycles. The molecule has 17 heavy (non-hydrogen) atoms. The molecule has 0 aliphatic heterocycles. The van der Waals surface area contributed by atoms with Crippen molar-refractivity contribution in [1.29, 1.82) is 0 Å². The predicted octanol–water partition coefficient (Wildman–Crippen LogP) is 1.64. The van der Waals surface area contributed by atoms with E-state index in [0.717, 1.165) is 10.9 Å². The third-order valence-corrected chi connectivity index (χ3v) is 2.25. The highest BCUT2D eigenvalue weighted by molar-refractivity contribution is 5.90. The van der Waals surface area contributed by atoms with Crippen molar-refractivity contribution in [2.75, 3.05) is 0 Å². The second-order valence-corrected chi connectivity index (χ2v) is 3.44. The Bertz CT molecular complexity index is 689. The maximum Gasteiger partial charge on any atom is 0.389 e. The van der Waals surface area contributed by atoms with Crippen LogP contribution in [0.3, 0.4) is 0 Å². The van der Waals surface area contributed by atoms with Crippen molar-refractivity contribution in [3.8, 4) is 18.1 Å². The average Bonchev–Trinajstić information content (AvgIpc) is 2.28. The summed E-state index contributed by atoms with van der Waals surface area (Å²) in [6, 6.07) is 6.14. The lowest BCUT2D eigenvalue weighted by atomic mass is 10.1. The summed E-state index contributed by atoms with van der Waals surface area (Å²) < 4.78 is 9.81. The molecule has 84 valence electrons. The first kappa shape index (κ1) is 11.0. The molecule has 0 amide bonds. The molecule has 0 N–H and O–H groups in total. The third kappa shape index (κ3) is 2.18. The van der Waals surface area contributed by atoms with Gasteiger partial charge in [-0.3, -0.25) is 0 Å². The van der Waals surface area contributed by atoms with Crippen molar-refractivity contribution in [1.82, 2.24) is 0 Å². The molecule has 1 aromatic carbocycles. The van der Waals surface area contributed by atoms with Gasteiger partial charge < -0.3 is 9.15 Å². The molecule has 1 aromatic heterocycles. The van der Waals surface area contributed by atoms with Crippen molar-refractivity contribution in [2.45, 2.75) is 6.92 Å². The molecule has 0 atom stereocenters. The van der Waals surface area contributed by atoms with Crippen molar-refractivity contribution in [3.63, 3.8) is 0 Å². The van der Waals surface area contributed by atoms with E-state index in [1.165, 1.54) is 12.1 Å². The highest BCUT2D eigenvalue weighted by atomic mass is 16.5. The number of esters is 1. The van der Waals surface area contributed by atoms with Gasteiger partial charge in [0.05, 0.1) is 0 Å². The summed E-state index contributed by atoms with van der Waals surface area (Å²) in [5, 5.41) is 0.783. The summed E-state index contributed by atoms with van der Waals surface area (Å²) in [5.41, 5.74) is 0.707. The molecule has 2 aromatic rings. The lowest BCUT2D eigenvalue weighted by Crippen LogP contribution is -2.04. The number of ether oxygens (including phenoxy) is 1. The van der Waals surface area contributed by atoms with E-state index in [1.54, 1.807) is 19.1 Å². The molecule has 2 rings (SSSR count). The Morgan fingerprint density at radius 1 is 1.41 bits per heavy atom. The molecule has 0 fully saturated rings. The van der Waals surface area contributed by atoms with Gasteiger partial charge in [-0.15, -0.1) is 6.42 Å². The van der Waals surface area contributed by atoms with E-state index >= 15 is 0 Å². The van der Waals surface area contributed by atoms with Crippen LogP contribution in [-0.4, -0.2) is 5.97 Å². The van der Waals surface area contributed by atoms with Crippen LogP contribution in [0.25, 0.3) is 11.0 Å². The van der Waals surface area contributed by atoms with Crippen LogP contribution in [0.5, 0.6) is 5.75 Å². The van der Waals surface area contributed by atoms with Crippen LogP contribution < -0.4 is 10.4 Å². The van der Waals surface area contributed by atoms with Crippen molar-refractivity contribution < 1.29 is 13.9 Å². The van der Waals surface area contributed by atoms with Gasteiger partial charge in [-0.05, 0) is 24.6 Å². The van der Waals surface area contributed by atoms with Gasteiger partial charge in [-0.1, -0.05) is 0 Å². The number of terminal acetylenes is 1. The fourth-order valence-corrected chi connectivity index (χ4v) is 1.51. The zero-order valence-corrected chi connectivity index (χ0v) is 9.02. The van der Waals surface area contributed by atoms with Crippen molar-refractivity contribution in [3.05, 3.63) is 40.2 Å². The number of hydrogen-bond donors (Lipinski definition) is 0. The van der Waals surface area contributed by atoms with E-state index in [1.807, 2.05) is 5.92 Å². The fourth-order valence-electron chi connectivity index (χ4n) is 1.51. The van der Waals surface area contributed by atoms with Crippen LogP contribution in [0.4, 0.5) is 0 Å².